The molecule has 0 amide bonds. The number of carbonyl (C=O) groups excluding carboxylic acids is 1. The number of carbonyl (C=O) groups is 1. The van der Waals surface area contributed by atoms with E-state index in [-0.39, 0.29) is 6.61 Å². The number of pyridine rings is 1. The van der Waals surface area contributed by atoms with Crippen molar-refractivity contribution in [3.63, 3.8) is 0 Å². The van der Waals surface area contributed by atoms with Gasteiger partial charge in [0.25, 0.3) is 0 Å². The summed E-state index contributed by atoms with van der Waals surface area (Å²) in [5.74, 6) is 0. The van der Waals surface area contributed by atoms with Gasteiger partial charge in [-0.15, -0.1) is 0 Å². The van der Waals surface area contributed by atoms with Crippen LogP contribution in [0.4, 0.5) is 4.79 Å². The fourth-order valence-electron chi connectivity index (χ4n) is 0.626. The predicted molar refractivity (Wildman–Crippen MR) is 35.1 cm³/mol. The fraction of sp³-hybridized carbons (Fsp3) is 0.143. The summed E-state index contributed by atoms with van der Waals surface area (Å²) in [5.41, 5.74) is 0.705. The summed E-state index contributed by atoms with van der Waals surface area (Å²) in [5, 5.41) is 9.82. The molecule has 1 aromatic rings. The molecule has 0 aromatic carbocycles. The van der Waals surface area contributed by atoms with E-state index in [0.717, 1.165) is 0 Å². The minimum absolute atomic E-state index is 0.00380. The van der Waals surface area contributed by atoms with Crippen LogP contribution in [0.1, 0.15) is 5.56 Å². The molecule has 0 saturated carbocycles. The average molecular weight is 152 g/mol. The molecule has 4 nitrogen and oxygen atoms in total. The fourth-order valence-corrected chi connectivity index (χ4v) is 0.626. The third-order valence-corrected chi connectivity index (χ3v) is 1.08. The van der Waals surface area contributed by atoms with Crippen LogP contribution >= 0.6 is 0 Å². The smallest absolute Gasteiger partial charge is 0.427 e. The SMILES string of the molecule is [O]C(=O)OCc1cccnc1. The molecule has 0 aliphatic heterocycles. The first-order valence-electron chi connectivity index (χ1n) is 3.02. The molecular formula is C7H6NO3. The van der Waals surface area contributed by atoms with Crippen LogP contribution in [-0.2, 0) is 16.5 Å². The van der Waals surface area contributed by atoms with E-state index in [9.17, 15) is 9.90 Å². The number of rotatable bonds is 2. The lowest BCUT2D eigenvalue weighted by Gasteiger charge is -1.96. The Labute approximate surface area is 63.5 Å². The van der Waals surface area contributed by atoms with Crippen molar-refractivity contribution in [2.24, 2.45) is 0 Å². The van der Waals surface area contributed by atoms with Gasteiger partial charge in [0.2, 0.25) is 0 Å². The summed E-state index contributed by atoms with van der Waals surface area (Å²) in [6.07, 6.45) is 1.61. The summed E-state index contributed by atoms with van der Waals surface area (Å²) < 4.78 is 4.19. The Kier molecular flexibility index (Phi) is 2.43. The average Bonchev–Trinajstić information content (AvgIpc) is 2.03. The summed E-state index contributed by atoms with van der Waals surface area (Å²) in [6.45, 7) is -0.00380. The second-order valence-electron chi connectivity index (χ2n) is 1.90. The molecule has 0 bridgehead atoms. The van der Waals surface area contributed by atoms with Crippen molar-refractivity contribution < 1.29 is 14.6 Å². The molecule has 1 heterocycles. The van der Waals surface area contributed by atoms with E-state index in [2.05, 4.69) is 9.72 Å². The molecule has 0 atom stereocenters. The zero-order valence-corrected chi connectivity index (χ0v) is 5.69. The van der Waals surface area contributed by atoms with E-state index in [1.54, 1.807) is 18.3 Å². The summed E-state index contributed by atoms with van der Waals surface area (Å²) in [7, 11) is 0. The highest BCUT2D eigenvalue weighted by molar-refractivity contribution is 5.56. The predicted octanol–water partition coefficient (Wildman–Crippen LogP) is 1.15. The van der Waals surface area contributed by atoms with Gasteiger partial charge in [0.15, 0.2) is 0 Å². The van der Waals surface area contributed by atoms with Gasteiger partial charge in [-0.25, -0.2) is 0 Å². The molecule has 57 valence electrons. The number of hydrogen-bond acceptors (Lipinski definition) is 3. The van der Waals surface area contributed by atoms with Gasteiger partial charge in [0.1, 0.15) is 6.61 Å². The molecule has 0 saturated heterocycles. The zero-order chi connectivity index (χ0) is 8.10. The first-order valence-corrected chi connectivity index (χ1v) is 3.02. The van der Waals surface area contributed by atoms with Crippen LogP contribution in [-0.4, -0.2) is 11.1 Å². The van der Waals surface area contributed by atoms with Crippen LogP contribution in [0, 0.1) is 0 Å². The quantitative estimate of drug-likeness (QED) is 0.597. The standard InChI is InChI=1S/C7H6NO3/c9-7(10)11-5-6-2-1-3-8-4-6/h1-4H,5H2. The van der Waals surface area contributed by atoms with E-state index in [0.29, 0.717) is 5.56 Å². The van der Waals surface area contributed by atoms with Crippen molar-refractivity contribution in [3.8, 4) is 0 Å². The van der Waals surface area contributed by atoms with E-state index in [1.807, 2.05) is 0 Å². The van der Waals surface area contributed by atoms with E-state index in [4.69, 9.17) is 0 Å². The Bertz CT molecular complexity index is 235. The van der Waals surface area contributed by atoms with Gasteiger partial charge in [-0.1, -0.05) is 6.07 Å². The van der Waals surface area contributed by atoms with Crippen LogP contribution in [0.3, 0.4) is 0 Å². The van der Waals surface area contributed by atoms with Crippen molar-refractivity contribution in [2.45, 2.75) is 6.61 Å². The lowest BCUT2D eigenvalue weighted by atomic mass is 10.3. The van der Waals surface area contributed by atoms with E-state index < -0.39 is 6.16 Å². The Morgan fingerprint density at radius 3 is 3.00 bits per heavy atom. The van der Waals surface area contributed by atoms with Gasteiger partial charge in [-0.3, -0.25) is 4.98 Å². The van der Waals surface area contributed by atoms with Gasteiger partial charge in [0.05, 0.1) is 0 Å². The minimum Gasteiger partial charge on any atom is -0.427 e. The van der Waals surface area contributed by atoms with Crippen molar-refractivity contribution in [1.82, 2.24) is 4.98 Å². The topological polar surface area (TPSA) is 59.1 Å². The molecule has 0 unspecified atom stereocenters. The molecule has 1 aromatic heterocycles. The van der Waals surface area contributed by atoms with Crippen molar-refractivity contribution in [1.29, 1.82) is 0 Å². The molecule has 0 N–H and O–H groups in total. The second kappa shape index (κ2) is 3.55. The molecule has 0 spiro atoms. The maximum atomic E-state index is 9.82. The van der Waals surface area contributed by atoms with Gasteiger partial charge in [0, 0.05) is 18.0 Å². The summed E-state index contributed by atoms with van der Waals surface area (Å²) >= 11 is 0. The van der Waals surface area contributed by atoms with Crippen LogP contribution in [0.2, 0.25) is 0 Å². The Hall–Kier alpha value is -1.58. The Balaban J connectivity index is 2.45. The number of nitrogens with zero attached hydrogens (tertiary/aromatic N) is 1. The van der Waals surface area contributed by atoms with Crippen LogP contribution in [0.5, 0.6) is 0 Å². The lowest BCUT2D eigenvalue weighted by molar-refractivity contribution is 0.0618. The van der Waals surface area contributed by atoms with E-state index in [1.165, 1.54) is 6.20 Å². The molecule has 4 heteroatoms. The monoisotopic (exact) mass is 152 g/mol. The van der Waals surface area contributed by atoms with Crippen molar-refractivity contribution in [2.75, 3.05) is 0 Å². The third-order valence-electron chi connectivity index (χ3n) is 1.08. The van der Waals surface area contributed by atoms with Gasteiger partial charge >= 0.3 is 6.16 Å². The normalized spacial score (nSPS) is 9.09. The Morgan fingerprint density at radius 2 is 2.45 bits per heavy atom. The minimum atomic E-state index is -1.52. The maximum Gasteiger partial charge on any atom is 0.550 e. The summed E-state index contributed by atoms with van der Waals surface area (Å²) in [6, 6.07) is 3.42. The third kappa shape index (κ3) is 2.66. The number of aromatic nitrogens is 1. The van der Waals surface area contributed by atoms with Gasteiger partial charge in [-0.05, 0) is 6.07 Å². The van der Waals surface area contributed by atoms with Crippen molar-refractivity contribution in [3.05, 3.63) is 30.1 Å². The highest BCUT2D eigenvalue weighted by Crippen LogP contribution is 1.97. The highest BCUT2D eigenvalue weighted by Gasteiger charge is 1.98. The largest absolute Gasteiger partial charge is 0.550 e. The lowest BCUT2D eigenvalue weighted by Crippen LogP contribution is -1.98. The summed E-state index contributed by atoms with van der Waals surface area (Å²) in [4.78, 5) is 13.6. The Morgan fingerprint density at radius 1 is 1.64 bits per heavy atom. The zero-order valence-electron chi connectivity index (χ0n) is 5.69. The highest BCUT2D eigenvalue weighted by atomic mass is 16.7. The van der Waals surface area contributed by atoms with Crippen LogP contribution in [0.25, 0.3) is 0 Å². The first-order chi connectivity index (χ1) is 5.29. The first kappa shape index (κ1) is 7.53. The van der Waals surface area contributed by atoms with Crippen molar-refractivity contribution >= 4 is 6.16 Å². The van der Waals surface area contributed by atoms with Gasteiger partial charge < -0.3 is 4.74 Å². The molecule has 0 fully saturated rings. The van der Waals surface area contributed by atoms with E-state index >= 15 is 0 Å². The molecule has 1 radical (unpaired) electrons. The van der Waals surface area contributed by atoms with Crippen LogP contribution < -0.4 is 0 Å². The van der Waals surface area contributed by atoms with Crippen LogP contribution in [0.15, 0.2) is 24.5 Å². The maximum absolute atomic E-state index is 9.82. The number of ether oxygens (including phenoxy) is 1. The molecule has 0 aliphatic rings. The molecule has 1 rings (SSSR count). The number of hydrogen-bond donors (Lipinski definition) is 0. The molecule has 0 aliphatic carbocycles. The van der Waals surface area contributed by atoms with Gasteiger partial charge in [-0.2, -0.15) is 9.90 Å². The molecule has 11 heavy (non-hydrogen) atoms. The second-order valence-corrected chi connectivity index (χ2v) is 1.90. The molecular weight excluding hydrogens is 146 g/mol.